The highest BCUT2D eigenvalue weighted by molar-refractivity contribution is 6.09. The lowest BCUT2D eigenvalue weighted by molar-refractivity contribution is -0.142. The summed E-state index contributed by atoms with van der Waals surface area (Å²) in [7, 11) is 0. The van der Waals surface area contributed by atoms with Gasteiger partial charge in [-0.05, 0) is 38.0 Å². The van der Waals surface area contributed by atoms with Crippen LogP contribution in [0.3, 0.4) is 0 Å². The summed E-state index contributed by atoms with van der Waals surface area (Å²) in [6.07, 6.45) is 2.02. The lowest BCUT2D eigenvalue weighted by Gasteiger charge is -2.21. The summed E-state index contributed by atoms with van der Waals surface area (Å²) in [5.41, 5.74) is -0.943. The van der Waals surface area contributed by atoms with E-state index in [0.29, 0.717) is 0 Å². The first-order valence-corrected chi connectivity index (χ1v) is 7.81. The summed E-state index contributed by atoms with van der Waals surface area (Å²) >= 11 is 0. The first kappa shape index (κ1) is 17.2. The second-order valence-electron chi connectivity index (χ2n) is 6.89. The Labute approximate surface area is 134 Å². The third-order valence-electron chi connectivity index (χ3n) is 4.34. The Kier molecular flexibility index (Phi) is 4.63. The summed E-state index contributed by atoms with van der Waals surface area (Å²) in [6.45, 7) is 4.90. The maximum Gasteiger partial charge on any atom is 0.326 e. The van der Waals surface area contributed by atoms with Gasteiger partial charge in [0.15, 0.2) is 0 Å². The molecule has 2 atom stereocenters. The van der Waals surface area contributed by atoms with Crippen LogP contribution >= 0.6 is 0 Å². The molecule has 0 spiro atoms. The highest BCUT2D eigenvalue weighted by Crippen LogP contribution is 2.42. The van der Waals surface area contributed by atoms with Crippen molar-refractivity contribution in [2.75, 3.05) is 6.54 Å². The maximum absolute atomic E-state index is 12.4. The Bertz CT molecular complexity index is 543. The van der Waals surface area contributed by atoms with Gasteiger partial charge in [0.2, 0.25) is 5.91 Å². The van der Waals surface area contributed by atoms with Crippen LogP contribution in [0.5, 0.6) is 0 Å². The van der Waals surface area contributed by atoms with Crippen LogP contribution in [-0.2, 0) is 14.4 Å². The lowest BCUT2D eigenvalue weighted by Crippen LogP contribution is -2.49. The summed E-state index contributed by atoms with van der Waals surface area (Å²) < 4.78 is 0. The Morgan fingerprint density at radius 1 is 1.39 bits per heavy atom. The highest BCUT2D eigenvalue weighted by Gasteiger charge is 2.56. The van der Waals surface area contributed by atoms with Gasteiger partial charge >= 0.3 is 12.0 Å². The van der Waals surface area contributed by atoms with Gasteiger partial charge in [0, 0.05) is 0 Å². The largest absolute Gasteiger partial charge is 0.480 e. The number of amides is 4. The molecule has 2 fully saturated rings. The van der Waals surface area contributed by atoms with E-state index in [1.165, 1.54) is 0 Å². The molecule has 4 amide bonds. The molecule has 23 heavy (non-hydrogen) atoms. The van der Waals surface area contributed by atoms with Gasteiger partial charge in [-0.2, -0.15) is 0 Å². The Morgan fingerprint density at radius 2 is 2.00 bits per heavy atom. The molecule has 1 unspecified atom stereocenters. The Morgan fingerprint density at radius 3 is 2.48 bits per heavy atom. The quantitative estimate of drug-likeness (QED) is 0.583. The Balaban J connectivity index is 1.98. The fourth-order valence-electron chi connectivity index (χ4n) is 2.87. The minimum atomic E-state index is -1.13. The molecule has 8 nitrogen and oxygen atoms in total. The van der Waals surface area contributed by atoms with Gasteiger partial charge < -0.3 is 15.7 Å². The number of carboxylic acids is 1. The van der Waals surface area contributed by atoms with Gasteiger partial charge in [-0.1, -0.05) is 13.8 Å². The zero-order valence-electron chi connectivity index (χ0n) is 13.6. The van der Waals surface area contributed by atoms with Crippen LogP contribution in [0.1, 0.15) is 40.0 Å². The van der Waals surface area contributed by atoms with E-state index in [4.69, 9.17) is 5.11 Å². The van der Waals surface area contributed by atoms with Crippen molar-refractivity contribution in [1.29, 1.82) is 0 Å². The predicted octanol–water partition coefficient (Wildman–Crippen LogP) is 0.322. The number of nitrogens with one attached hydrogen (secondary N) is 2. The average molecular weight is 325 g/mol. The van der Waals surface area contributed by atoms with Gasteiger partial charge in [-0.3, -0.25) is 14.5 Å². The maximum atomic E-state index is 12.4. The van der Waals surface area contributed by atoms with Crippen LogP contribution in [0.25, 0.3) is 0 Å². The molecule has 1 aliphatic heterocycles. The van der Waals surface area contributed by atoms with Crippen LogP contribution in [0, 0.1) is 11.8 Å². The monoisotopic (exact) mass is 325 g/mol. The summed E-state index contributed by atoms with van der Waals surface area (Å²) in [5, 5.41) is 14.1. The SMILES string of the molecule is CC(C)C[C@@H](NC(=O)CN1C(=O)NC(C)(C2CC2)C1=O)C(=O)O. The van der Waals surface area contributed by atoms with Crippen molar-refractivity contribution in [2.45, 2.75) is 51.6 Å². The number of imide groups is 1. The molecule has 1 saturated heterocycles. The molecule has 8 heteroatoms. The Hall–Kier alpha value is -2.12. The van der Waals surface area contributed by atoms with Crippen molar-refractivity contribution in [3.63, 3.8) is 0 Å². The topological polar surface area (TPSA) is 116 Å². The van der Waals surface area contributed by atoms with E-state index in [-0.39, 0.29) is 18.3 Å². The molecule has 2 rings (SSSR count). The summed E-state index contributed by atoms with van der Waals surface area (Å²) in [4.78, 5) is 48.4. The first-order valence-electron chi connectivity index (χ1n) is 7.81. The van der Waals surface area contributed by atoms with E-state index in [1.54, 1.807) is 6.92 Å². The van der Waals surface area contributed by atoms with Crippen LogP contribution in [0.2, 0.25) is 0 Å². The minimum absolute atomic E-state index is 0.0891. The standard InChI is InChI=1S/C15H23N3O5/c1-8(2)6-10(12(20)21)16-11(19)7-18-13(22)15(3,9-4-5-9)17-14(18)23/h8-10H,4-7H2,1-3H3,(H,16,19)(H,17,23)(H,20,21)/t10-,15?/m1/s1. The molecular weight excluding hydrogens is 302 g/mol. The minimum Gasteiger partial charge on any atom is -0.480 e. The molecule has 1 heterocycles. The number of aliphatic carboxylic acids is 1. The molecule has 0 bridgehead atoms. The molecule has 2 aliphatic rings. The number of rotatable bonds is 7. The zero-order chi connectivity index (χ0) is 17.4. The predicted molar refractivity (Wildman–Crippen MR) is 80.4 cm³/mol. The van der Waals surface area contributed by atoms with E-state index < -0.39 is 41.9 Å². The van der Waals surface area contributed by atoms with Gasteiger partial charge in [0.05, 0.1) is 0 Å². The van der Waals surface area contributed by atoms with Crippen molar-refractivity contribution < 1.29 is 24.3 Å². The number of urea groups is 1. The van der Waals surface area contributed by atoms with E-state index >= 15 is 0 Å². The van der Waals surface area contributed by atoms with Crippen LogP contribution in [-0.4, -0.2) is 51.9 Å². The number of carbonyl (C=O) groups is 4. The third-order valence-corrected chi connectivity index (χ3v) is 4.34. The molecule has 128 valence electrons. The van der Waals surface area contributed by atoms with E-state index in [2.05, 4.69) is 10.6 Å². The first-order chi connectivity index (χ1) is 10.6. The number of hydrogen-bond acceptors (Lipinski definition) is 4. The summed E-state index contributed by atoms with van der Waals surface area (Å²) in [6, 6.07) is -1.63. The molecule has 0 aromatic heterocycles. The number of carbonyl (C=O) groups excluding carboxylic acids is 3. The van der Waals surface area contributed by atoms with Gasteiger partial charge in [0.1, 0.15) is 18.1 Å². The molecule has 1 aliphatic carbocycles. The fourth-order valence-corrected chi connectivity index (χ4v) is 2.87. The van der Waals surface area contributed by atoms with Crippen molar-refractivity contribution in [2.24, 2.45) is 11.8 Å². The zero-order valence-corrected chi connectivity index (χ0v) is 13.6. The van der Waals surface area contributed by atoms with Gasteiger partial charge in [0.25, 0.3) is 5.91 Å². The molecular formula is C15H23N3O5. The van der Waals surface area contributed by atoms with Crippen molar-refractivity contribution in [3.8, 4) is 0 Å². The van der Waals surface area contributed by atoms with Gasteiger partial charge in [-0.15, -0.1) is 0 Å². The number of nitrogens with zero attached hydrogens (tertiary/aromatic N) is 1. The van der Waals surface area contributed by atoms with Crippen LogP contribution in [0.4, 0.5) is 4.79 Å². The van der Waals surface area contributed by atoms with Crippen LogP contribution < -0.4 is 10.6 Å². The van der Waals surface area contributed by atoms with Crippen molar-refractivity contribution >= 4 is 23.8 Å². The fraction of sp³-hybridized carbons (Fsp3) is 0.733. The second kappa shape index (κ2) is 6.17. The van der Waals surface area contributed by atoms with Crippen molar-refractivity contribution in [1.82, 2.24) is 15.5 Å². The average Bonchev–Trinajstić information content (AvgIpc) is 3.24. The molecule has 1 saturated carbocycles. The normalized spacial score (nSPS) is 25.5. The highest BCUT2D eigenvalue weighted by atomic mass is 16.4. The molecule has 0 radical (unpaired) electrons. The van der Waals surface area contributed by atoms with E-state index in [1.807, 2.05) is 13.8 Å². The van der Waals surface area contributed by atoms with E-state index in [0.717, 1.165) is 17.7 Å². The van der Waals surface area contributed by atoms with E-state index in [9.17, 15) is 19.2 Å². The number of hydrogen-bond donors (Lipinski definition) is 3. The lowest BCUT2D eigenvalue weighted by atomic mass is 9.96. The third kappa shape index (κ3) is 3.62. The van der Waals surface area contributed by atoms with Gasteiger partial charge in [-0.25, -0.2) is 9.59 Å². The molecule has 0 aromatic rings. The second-order valence-corrected chi connectivity index (χ2v) is 6.89. The molecule has 0 aromatic carbocycles. The number of carboxylic acid groups (broad SMARTS) is 1. The van der Waals surface area contributed by atoms with Crippen LogP contribution in [0.15, 0.2) is 0 Å². The molecule has 3 N–H and O–H groups in total. The summed E-state index contributed by atoms with van der Waals surface area (Å²) in [5.74, 6) is -2.00. The van der Waals surface area contributed by atoms with Crippen molar-refractivity contribution in [3.05, 3.63) is 0 Å². The smallest absolute Gasteiger partial charge is 0.326 e.